The van der Waals surface area contributed by atoms with Gasteiger partial charge in [0.1, 0.15) is 5.75 Å². The first-order valence-corrected chi connectivity index (χ1v) is 8.70. The van der Waals surface area contributed by atoms with Crippen molar-refractivity contribution in [3.63, 3.8) is 0 Å². The second kappa shape index (κ2) is 6.74. The van der Waals surface area contributed by atoms with Crippen LogP contribution in [0.4, 0.5) is 5.69 Å². The van der Waals surface area contributed by atoms with Crippen molar-refractivity contribution in [1.29, 1.82) is 0 Å². The lowest BCUT2D eigenvalue weighted by molar-refractivity contribution is 0.416. The second-order valence-electron chi connectivity index (χ2n) is 6.35. The largest absolute Gasteiger partial charge is 0.496 e. The third kappa shape index (κ3) is 2.90. The lowest BCUT2D eigenvalue weighted by Gasteiger charge is -2.13. The molecule has 0 unspecified atom stereocenters. The molecule has 6 heteroatoms. The Hall–Kier alpha value is -3.38. The summed E-state index contributed by atoms with van der Waals surface area (Å²) in [6.45, 7) is 2.34. The predicted octanol–water partition coefficient (Wildman–Crippen LogP) is 3.42. The minimum atomic E-state index is 0.386. The minimum Gasteiger partial charge on any atom is -0.496 e. The lowest BCUT2D eigenvalue weighted by atomic mass is 10.0. The summed E-state index contributed by atoms with van der Waals surface area (Å²) in [5.41, 5.74) is 18.2. The topological polar surface area (TPSA) is 91.5 Å². The first kappa shape index (κ1) is 17.1. The van der Waals surface area contributed by atoms with Crippen molar-refractivity contribution in [3.05, 3.63) is 66.0 Å². The van der Waals surface area contributed by atoms with Crippen LogP contribution in [0.2, 0.25) is 0 Å². The van der Waals surface area contributed by atoms with Gasteiger partial charge in [-0.2, -0.15) is 0 Å². The number of benzene rings is 2. The van der Waals surface area contributed by atoms with Gasteiger partial charge in [-0.05, 0) is 36.8 Å². The number of hydrogen-bond acceptors (Lipinski definition) is 5. The number of nitrogens with zero attached hydrogens (tertiary/aromatic N) is 3. The van der Waals surface area contributed by atoms with Crippen LogP contribution in [0.5, 0.6) is 5.75 Å². The van der Waals surface area contributed by atoms with E-state index in [4.69, 9.17) is 21.2 Å². The van der Waals surface area contributed by atoms with Crippen molar-refractivity contribution in [1.82, 2.24) is 14.4 Å². The molecule has 2 aromatic heterocycles. The summed E-state index contributed by atoms with van der Waals surface area (Å²) in [4.78, 5) is 9.40. The number of nitrogen functional groups attached to an aromatic ring is 1. The van der Waals surface area contributed by atoms with Crippen LogP contribution in [0.15, 0.2) is 54.7 Å². The van der Waals surface area contributed by atoms with E-state index in [9.17, 15) is 0 Å². The molecule has 0 bridgehead atoms. The summed E-state index contributed by atoms with van der Waals surface area (Å²) in [6.07, 6.45) is 1.98. The van der Waals surface area contributed by atoms with Crippen LogP contribution >= 0.6 is 0 Å². The fraction of sp³-hybridized carbons (Fsp3) is 0.143. The highest BCUT2D eigenvalue weighted by atomic mass is 16.5. The molecule has 0 spiro atoms. The van der Waals surface area contributed by atoms with Gasteiger partial charge in [0.05, 0.1) is 18.5 Å². The lowest BCUT2D eigenvalue weighted by Crippen LogP contribution is -2.08. The molecule has 0 fully saturated rings. The van der Waals surface area contributed by atoms with Gasteiger partial charge in [-0.25, -0.2) is 9.97 Å². The number of aryl methyl sites for hydroxylation is 1. The fourth-order valence-corrected chi connectivity index (χ4v) is 3.33. The molecule has 2 heterocycles. The van der Waals surface area contributed by atoms with E-state index in [1.54, 1.807) is 7.11 Å². The summed E-state index contributed by atoms with van der Waals surface area (Å²) < 4.78 is 7.48. The average molecular weight is 359 g/mol. The van der Waals surface area contributed by atoms with Gasteiger partial charge >= 0.3 is 0 Å². The van der Waals surface area contributed by atoms with Crippen molar-refractivity contribution in [2.24, 2.45) is 5.73 Å². The highest BCUT2D eigenvalue weighted by Crippen LogP contribution is 2.32. The summed E-state index contributed by atoms with van der Waals surface area (Å²) >= 11 is 0. The zero-order valence-electron chi connectivity index (χ0n) is 15.3. The fourth-order valence-electron chi connectivity index (χ4n) is 3.33. The molecule has 0 saturated heterocycles. The van der Waals surface area contributed by atoms with Crippen LogP contribution < -0.4 is 16.2 Å². The van der Waals surface area contributed by atoms with E-state index in [-0.39, 0.29) is 0 Å². The minimum absolute atomic E-state index is 0.386. The average Bonchev–Trinajstić information content (AvgIpc) is 3.11. The van der Waals surface area contributed by atoms with Gasteiger partial charge in [0.15, 0.2) is 0 Å². The number of imidazole rings is 1. The smallest absolute Gasteiger partial charge is 0.235 e. The molecule has 4 N–H and O–H groups in total. The maximum atomic E-state index is 6.05. The molecule has 0 aliphatic carbocycles. The van der Waals surface area contributed by atoms with Gasteiger partial charge in [-0.1, -0.05) is 24.3 Å². The number of para-hydroxylation sites is 1. The van der Waals surface area contributed by atoms with E-state index < -0.39 is 0 Å². The Morgan fingerprint density at radius 2 is 1.78 bits per heavy atom. The van der Waals surface area contributed by atoms with Crippen LogP contribution in [0, 0.1) is 6.92 Å². The monoisotopic (exact) mass is 359 g/mol. The molecule has 0 saturated carbocycles. The molecule has 0 radical (unpaired) electrons. The molecule has 4 rings (SSSR count). The maximum absolute atomic E-state index is 6.05. The van der Waals surface area contributed by atoms with Crippen LogP contribution in [-0.4, -0.2) is 21.5 Å². The zero-order chi connectivity index (χ0) is 19.0. The Kier molecular flexibility index (Phi) is 4.25. The molecule has 2 aromatic carbocycles. The van der Waals surface area contributed by atoms with Gasteiger partial charge in [-0.3, -0.25) is 4.40 Å². The van der Waals surface area contributed by atoms with E-state index in [2.05, 4.69) is 4.98 Å². The first-order valence-electron chi connectivity index (χ1n) is 8.70. The highest BCUT2D eigenvalue weighted by Gasteiger charge is 2.17. The van der Waals surface area contributed by atoms with Crippen molar-refractivity contribution < 1.29 is 4.74 Å². The molecule has 0 amide bonds. The number of aromatic nitrogens is 3. The maximum Gasteiger partial charge on any atom is 0.235 e. The molecule has 0 aliphatic heterocycles. The summed E-state index contributed by atoms with van der Waals surface area (Å²) in [5, 5.41) is 0. The summed E-state index contributed by atoms with van der Waals surface area (Å²) in [7, 11) is 1.66. The normalized spacial score (nSPS) is 11.1. The quantitative estimate of drug-likeness (QED) is 0.545. The summed E-state index contributed by atoms with van der Waals surface area (Å²) in [5.74, 6) is 1.39. The Morgan fingerprint density at radius 1 is 1.04 bits per heavy atom. The Labute approximate surface area is 157 Å². The number of anilines is 1. The van der Waals surface area contributed by atoms with Gasteiger partial charge in [-0.15, -0.1) is 0 Å². The molecule has 0 atom stereocenters. The standard InChI is InChI=1S/C21H21N5O/c1-13-17(11-22)20(14-7-9-15(23)10-8-14)26-12-18(25-21(26)24-13)16-5-3-4-6-19(16)27-2/h3-10,12H,11,22-23H2,1-2H3. The Balaban J connectivity index is 2.01. The van der Waals surface area contributed by atoms with Crippen LogP contribution in [-0.2, 0) is 6.54 Å². The van der Waals surface area contributed by atoms with Crippen LogP contribution in [0.3, 0.4) is 0 Å². The van der Waals surface area contributed by atoms with E-state index in [0.29, 0.717) is 12.3 Å². The van der Waals surface area contributed by atoms with Crippen LogP contribution in [0.25, 0.3) is 28.3 Å². The van der Waals surface area contributed by atoms with Gasteiger partial charge < -0.3 is 16.2 Å². The van der Waals surface area contributed by atoms with Crippen molar-refractivity contribution in [2.45, 2.75) is 13.5 Å². The molecule has 0 aliphatic rings. The van der Waals surface area contributed by atoms with Gasteiger partial charge in [0.2, 0.25) is 5.78 Å². The van der Waals surface area contributed by atoms with Crippen LogP contribution in [0.1, 0.15) is 11.3 Å². The third-order valence-electron chi connectivity index (χ3n) is 4.69. The van der Waals surface area contributed by atoms with Gasteiger partial charge in [0, 0.05) is 35.2 Å². The number of hydrogen-bond donors (Lipinski definition) is 2. The predicted molar refractivity (Wildman–Crippen MR) is 107 cm³/mol. The number of fused-ring (bicyclic) bond motifs is 1. The van der Waals surface area contributed by atoms with E-state index in [0.717, 1.165) is 45.2 Å². The van der Waals surface area contributed by atoms with E-state index >= 15 is 0 Å². The molecule has 6 nitrogen and oxygen atoms in total. The van der Waals surface area contributed by atoms with Gasteiger partial charge in [0.25, 0.3) is 0 Å². The van der Waals surface area contributed by atoms with Crippen molar-refractivity contribution in [3.8, 4) is 28.3 Å². The Bertz CT molecular complexity index is 1120. The van der Waals surface area contributed by atoms with Crippen molar-refractivity contribution >= 4 is 11.5 Å². The SMILES string of the molecule is COc1ccccc1-c1cn2c(-c3ccc(N)cc3)c(CN)c(C)nc2n1. The third-order valence-corrected chi connectivity index (χ3v) is 4.69. The Morgan fingerprint density at radius 3 is 2.48 bits per heavy atom. The second-order valence-corrected chi connectivity index (χ2v) is 6.35. The first-order chi connectivity index (χ1) is 13.1. The van der Waals surface area contributed by atoms with E-state index in [1.165, 1.54) is 0 Å². The number of rotatable bonds is 4. The van der Waals surface area contributed by atoms with E-state index in [1.807, 2.05) is 66.1 Å². The molecule has 136 valence electrons. The van der Waals surface area contributed by atoms with Crippen molar-refractivity contribution in [2.75, 3.05) is 12.8 Å². The molecule has 27 heavy (non-hydrogen) atoms. The molecular formula is C21H21N5O. The highest BCUT2D eigenvalue weighted by molar-refractivity contribution is 5.73. The summed E-state index contributed by atoms with van der Waals surface area (Å²) in [6, 6.07) is 15.6. The number of methoxy groups -OCH3 is 1. The molecule has 4 aromatic rings. The molecular weight excluding hydrogens is 338 g/mol. The number of ether oxygens (including phenoxy) is 1. The zero-order valence-corrected chi connectivity index (χ0v) is 15.3. The number of nitrogens with two attached hydrogens (primary N) is 2.